The summed E-state index contributed by atoms with van der Waals surface area (Å²) in [6.45, 7) is 3.54. The van der Waals surface area contributed by atoms with Crippen LogP contribution in [0.1, 0.15) is 32.6 Å². The van der Waals surface area contributed by atoms with Crippen LogP contribution in [0.25, 0.3) is 0 Å². The van der Waals surface area contributed by atoms with Gasteiger partial charge in [0, 0.05) is 13.1 Å². The summed E-state index contributed by atoms with van der Waals surface area (Å²) in [5, 5.41) is 9.76. The summed E-state index contributed by atoms with van der Waals surface area (Å²) < 4.78 is 0. The van der Waals surface area contributed by atoms with Crippen LogP contribution in [0.15, 0.2) is 4.99 Å². The van der Waals surface area contributed by atoms with Gasteiger partial charge in [-0.15, -0.1) is 0 Å². The second-order valence-electron chi connectivity index (χ2n) is 4.70. The van der Waals surface area contributed by atoms with Crippen molar-refractivity contribution in [2.45, 2.75) is 44.2 Å². The summed E-state index contributed by atoms with van der Waals surface area (Å²) in [6, 6.07) is 0.484. The van der Waals surface area contributed by atoms with Crippen molar-refractivity contribution < 1.29 is 5.11 Å². The van der Waals surface area contributed by atoms with E-state index in [1.807, 2.05) is 6.92 Å². The largest absolute Gasteiger partial charge is 0.390 e. The normalized spacial score (nSPS) is 27.9. The van der Waals surface area contributed by atoms with Gasteiger partial charge in [0.2, 0.25) is 0 Å². The molecule has 0 aromatic rings. The van der Waals surface area contributed by atoms with Crippen LogP contribution in [0.5, 0.6) is 0 Å². The van der Waals surface area contributed by atoms with E-state index in [1.54, 1.807) is 0 Å². The van der Waals surface area contributed by atoms with E-state index in [1.165, 1.54) is 12.8 Å². The number of aliphatic imine (C=N–C) groups is 1. The van der Waals surface area contributed by atoms with Crippen LogP contribution in [0.2, 0.25) is 0 Å². The Morgan fingerprint density at radius 3 is 2.50 bits per heavy atom. The van der Waals surface area contributed by atoms with Crippen LogP contribution in [-0.2, 0) is 0 Å². The minimum absolute atomic E-state index is 0.484. The summed E-state index contributed by atoms with van der Waals surface area (Å²) in [5.74, 6) is 0.669. The first-order valence-corrected chi connectivity index (χ1v) is 5.37. The number of nitrogens with zero attached hydrogens (tertiary/aromatic N) is 2. The monoisotopic (exact) mass is 197 g/mol. The predicted molar refractivity (Wildman–Crippen MR) is 56.1 cm³/mol. The maximum Gasteiger partial charge on any atom is 0.191 e. The molecule has 1 aliphatic heterocycles. The lowest BCUT2D eigenvalue weighted by atomic mass is 9.94. The van der Waals surface area contributed by atoms with Crippen LogP contribution in [0, 0.1) is 0 Å². The molecular weight excluding hydrogens is 178 g/mol. The molecule has 1 saturated heterocycles. The Bertz CT molecular complexity index is 236. The highest BCUT2D eigenvalue weighted by Crippen LogP contribution is 2.25. The molecule has 3 N–H and O–H groups in total. The number of hydrogen-bond acceptors (Lipinski definition) is 2. The van der Waals surface area contributed by atoms with Gasteiger partial charge >= 0.3 is 0 Å². The third-order valence-electron chi connectivity index (χ3n) is 3.03. The van der Waals surface area contributed by atoms with Crippen molar-refractivity contribution >= 4 is 5.96 Å². The number of hydrogen-bond donors (Lipinski definition) is 2. The van der Waals surface area contributed by atoms with E-state index in [2.05, 4.69) is 9.89 Å². The fourth-order valence-electron chi connectivity index (χ4n) is 1.69. The van der Waals surface area contributed by atoms with Gasteiger partial charge in [0.25, 0.3) is 0 Å². The summed E-state index contributed by atoms with van der Waals surface area (Å²) in [7, 11) is 0. The molecule has 0 aromatic carbocycles. The van der Waals surface area contributed by atoms with Crippen LogP contribution >= 0.6 is 0 Å². The van der Waals surface area contributed by atoms with Crippen molar-refractivity contribution in [1.29, 1.82) is 0 Å². The Labute approximate surface area is 84.8 Å². The summed E-state index contributed by atoms with van der Waals surface area (Å²) in [5.41, 5.74) is 5.37. The van der Waals surface area contributed by atoms with Crippen LogP contribution in [-0.4, -0.2) is 40.7 Å². The minimum atomic E-state index is -0.504. The van der Waals surface area contributed by atoms with Crippen LogP contribution < -0.4 is 5.73 Å². The zero-order valence-electron chi connectivity index (χ0n) is 8.74. The second-order valence-corrected chi connectivity index (χ2v) is 4.70. The molecule has 14 heavy (non-hydrogen) atoms. The quantitative estimate of drug-likeness (QED) is 0.470. The summed E-state index contributed by atoms with van der Waals surface area (Å²) >= 11 is 0. The standard InChI is InChI=1S/C10H19N3O/c1-10(14)4-6-13(7-5-10)9(11)12-8-2-3-8/h8,14H,2-7H2,1H3,(H2,11,12). The fraction of sp³-hybridized carbons (Fsp3) is 0.900. The molecule has 2 aliphatic rings. The molecule has 4 nitrogen and oxygen atoms in total. The highest BCUT2D eigenvalue weighted by Gasteiger charge is 2.29. The zero-order chi connectivity index (χ0) is 10.2. The van der Waals surface area contributed by atoms with Gasteiger partial charge in [-0.05, 0) is 32.6 Å². The number of rotatable bonds is 1. The van der Waals surface area contributed by atoms with Crippen molar-refractivity contribution in [2.24, 2.45) is 10.7 Å². The molecule has 0 aromatic heterocycles. The van der Waals surface area contributed by atoms with E-state index in [0.29, 0.717) is 12.0 Å². The van der Waals surface area contributed by atoms with E-state index in [4.69, 9.17) is 5.73 Å². The van der Waals surface area contributed by atoms with Gasteiger partial charge in [-0.1, -0.05) is 0 Å². The van der Waals surface area contributed by atoms with Crippen molar-refractivity contribution in [2.75, 3.05) is 13.1 Å². The van der Waals surface area contributed by atoms with Crippen LogP contribution in [0.4, 0.5) is 0 Å². The van der Waals surface area contributed by atoms with Gasteiger partial charge in [-0.25, -0.2) is 4.99 Å². The Morgan fingerprint density at radius 1 is 1.43 bits per heavy atom. The maximum absolute atomic E-state index is 9.76. The highest BCUT2D eigenvalue weighted by atomic mass is 16.3. The molecule has 80 valence electrons. The van der Waals surface area contributed by atoms with Crippen molar-refractivity contribution in [3.8, 4) is 0 Å². The smallest absolute Gasteiger partial charge is 0.191 e. The van der Waals surface area contributed by atoms with Gasteiger partial charge in [-0.3, -0.25) is 0 Å². The molecule has 0 bridgehead atoms. The Kier molecular flexibility index (Phi) is 2.39. The van der Waals surface area contributed by atoms with Crippen molar-refractivity contribution in [3.05, 3.63) is 0 Å². The van der Waals surface area contributed by atoms with Gasteiger partial charge in [0.05, 0.1) is 11.6 Å². The predicted octanol–water partition coefficient (Wildman–Crippen LogP) is 0.310. The highest BCUT2D eigenvalue weighted by molar-refractivity contribution is 5.78. The van der Waals surface area contributed by atoms with Crippen molar-refractivity contribution in [3.63, 3.8) is 0 Å². The molecule has 1 saturated carbocycles. The average Bonchev–Trinajstić information content (AvgIpc) is 2.88. The van der Waals surface area contributed by atoms with Gasteiger partial charge in [0.1, 0.15) is 0 Å². The first-order valence-electron chi connectivity index (χ1n) is 5.37. The third kappa shape index (κ3) is 2.38. The first-order chi connectivity index (χ1) is 6.57. The van der Waals surface area contributed by atoms with Gasteiger partial charge in [0.15, 0.2) is 5.96 Å². The Morgan fingerprint density at radius 2 is 2.00 bits per heavy atom. The lowest BCUT2D eigenvalue weighted by Crippen LogP contribution is -2.48. The average molecular weight is 197 g/mol. The van der Waals surface area contributed by atoms with E-state index < -0.39 is 5.60 Å². The Balaban J connectivity index is 1.88. The maximum atomic E-state index is 9.76. The molecule has 4 heteroatoms. The Hall–Kier alpha value is -0.770. The van der Waals surface area contributed by atoms with E-state index in [-0.39, 0.29) is 0 Å². The van der Waals surface area contributed by atoms with E-state index in [0.717, 1.165) is 25.9 Å². The van der Waals surface area contributed by atoms with Crippen molar-refractivity contribution in [1.82, 2.24) is 4.90 Å². The molecular formula is C10H19N3O. The topological polar surface area (TPSA) is 61.8 Å². The molecule has 0 atom stereocenters. The molecule has 2 rings (SSSR count). The first kappa shape index (κ1) is 9.77. The van der Waals surface area contributed by atoms with E-state index >= 15 is 0 Å². The lowest BCUT2D eigenvalue weighted by Gasteiger charge is -2.36. The molecule has 1 aliphatic carbocycles. The minimum Gasteiger partial charge on any atom is -0.390 e. The fourth-order valence-corrected chi connectivity index (χ4v) is 1.69. The number of nitrogens with two attached hydrogens (primary N) is 1. The number of piperidine rings is 1. The summed E-state index contributed by atoms with van der Waals surface area (Å²) in [4.78, 5) is 6.48. The molecule has 1 heterocycles. The molecule has 0 radical (unpaired) electrons. The lowest BCUT2D eigenvalue weighted by molar-refractivity contribution is 0.00963. The van der Waals surface area contributed by atoms with E-state index in [9.17, 15) is 5.11 Å². The van der Waals surface area contributed by atoms with Gasteiger partial charge in [-0.2, -0.15) is 0 Å². The molecule has 0 spiro atoms. The zero-order valence-corrected chi connectivity index (χ0v) is 8.74. The third-order valence-corrected chi connectivity index (χ3v) is 3.03. The number of guanidine groups is 1. The molecule has 2 fully saturated rings. The second kappa shape index (κ2) is 3.42. The van der Waals surface area contributed by atoms with Gasteiger partial charge < -0.3 is 15.7 Å². The molecule has 0 unspecified atom stereocenters. The molecule has 0 amide bonds. The number of likely N-dealkylation sites (tertiary alicyclic amines) is 1. The SMILES string of the molecule is CC1(O)CCN(C(N)=NC2CC2)CC1. The summed E-state index contributed by atoms with van der Waals surface area (Å²) in [6.07, 6.45) is 3.94. The number of aliphatic hydroxyl groups is 1. The van der Waals surface area contributed by atoms with Crippen LogP contribution in [0.3, 0.4) is 0 Å².